The Kier molecular flexibility index (Phi) is 3.50. The van der Waals surface area contributed by atoms with Crippen LogP contribution in [0.5, 0.6) is 0 Å². The molecule has 1 saturated carbocycles. The highest BCUT2D eigenvalue weighted by atomic mass is 19.1. The van der Waals surface area contributed by atoms with Gasteiger partial charge in [-0.05, 0) is 31.4 Å². The van der Waals surface area contributed by atoms with Gasteiger partial charge in [0, 0.05) is 18.0 Å². The van der Waals surface area contributed by atoms with E-state index in [4.69, 9.17) is 4.74 Å². The number of carbonyl (C=O) groups is 1. The lowest BCUT2D eigenvalue weighted by Gasteiger charge is -2.17. The SMILES string of the molecule is CCOC(=O)NCC1(c2ccc(F)cc2F)CC1. The van der Waals surface area contributed by atoms with Crippen LogP contribution in [0.3, 0.4) is 0 Å². The summed E-state index contributed by atoms with van der Waals surface area (Å²) in [4.78, 5) is 11.2. The Bertz CT molecular complexity index is 458. The Morgan fingerprint density at radius 1 is 1.44 bits per heavy atom. The highest BCUT2D eigenvalue weighted by Crippen LogP contribution is 2.48. The van der Waals surface area contributed by atoms with E-state index in [-0.39, 0.29) is 0 Å². The molecule has 1 aromatic rings. The van der Waals surface area contributed by atoms with Gasteiger partial charge in [0.25, 0.3) is 0 Å². The maximum Gasteiger partial charge on any atom is 0.407 e. The molecule has 0 aliphatic heterocycles. The van der Waals surface area contributed by atoms with Crippen molar-refractivity contribution in [2.24, 2.45) is 0 Å². The molecule has 98 valence electrons. The van der Waals surface area contributed by atoms with E-state index in [1.807, 2.05) is 0 Å². The molecule has 0 aromatic heterocycles. The third-order valence-corrected chi connectivity index (χ3v) is 3.20. The minimum atomic E-state index is -0.592. The fourth-order valence-electron chi connectivity index (χ4n) is 2.04. The van der Waals surface area contributed by atoms with E-state index in [0.29, 0.717) is 18.7 Å². The molecule has 1 N–H and O–H groups in total. The maximum absolute atomic E-state index is 13.7. The molecule has 18 heavy (non-hydrogen) atoms. The lowest BCUT2D eigenvalue weighted by molar-refractivity contribution is 0.151. The number of amides is 1. The zero-order valence-corrected chi connectivity index (χ0v) is 10.1. The van der Waals surface area contributed by atoms with Crippen LogP contribution in [-0.2, 0) is 10.2 Å². The Hall–Kier alpha value is -1.65. The number of hydrogen-bond donors (Lipinski definition) is 1. The van der Waals surface area contributed by atoms with Crippen molar-refractivity contribution in [1.29, 1.82) is 0 Å². The third-order valence-electron chi connectivity index (χ3n) is 3.20. The Morgan fingerprint density at radius 3 is 2.72 bits per heavy atom. The average Bonchev–Trinajstić information content (AvgIpc) is 3.08. The van der Waals surface area contributed by atoms with Crippen LogP contribution < -0.4 is 5.32 Å². The summed E-state index contributed by atoms with van der Waals surface area (Å²) in [6.07, 6.45) is 1.05. The highest BCUT2D eigenvalue weighted by Gasteiger charge is 2.46. The largest absolute Gasteiger partial charge is 0.450 e. The van der Waals surface area contributed by atoms with Crippen molar-refractivity contribution >= 4 is 6.09 Å². The molecule has 0 radical (unpaired) electrons. The number of alkyl carbamates (subject to hydrolysis) is 1. The summed E-state index contributed by atoms with van der Waals surface area (Å²) in [6, 6.07) is 3.56. The van der Waals surface area contributed by atoms with Gasteiger partial charge >= 0.3 is 6.09 Å². The van der Waals surface area contributed by atoms with Crippen molar-refractivity contribution in [2.75, 3.05) is 13.2 Å². The molecule has 0 atom stereocenters. The molecule has 0 bridgehead atoms. The lowest BCUT2D eigenvalue weighted by Crippen LogP contribution is -2.33. The van der Waals surface area contributed by atoms with Gasteiger partial charge in [-0.1, -0.05) is 6.07 Å². The fraction of sp³-hybridized carbons (Fsp3) is 0.462. The first-order valence-corrected chi connectivity index (χ1v) is 5.93. The molecule has 5 heteroatoms. The molecule has 0 saturated heterocycles. The van der Waals surface area contributed by atoms with E-state index < -0.39 is 23.1 Å². The number of carbonyl (C=O) groups excluding carboxylic acids is 1. The first-order chi connectivity index (χ1) is 8.57. The van der Waals surface area contributed by atoms with Crippen LogP contribution in [0.4, 0.5) is 13.6 Å². The van der Waals surface area contributed by atoms with Gasteiger partial charge in [-0.3, -0.25) is 0 Å². The van der Waals surface area contributed by atoms with E-state index in [2.05, 4.69) is 5.32 Å². The van der Waals surface area contributed by atoms with Crippen molar-refractivity contribution in [3.8, 4) is 0 Å². The molecule has 0 heterocycles. The number of hydrogen-bond acceptors (Lipinski definition) is 2. The Balaban J connectivity index is 2.05. The van der Waals surface area contributed by atoms with Crippen molar-refractivity contribution < 1.29 is 18.3 Å². The lowest BCUT2D eigenvalue weighted by atomic mass is 9.95. The molecular formula is C13H15F2NO2. The van der Waals surface area contributed by atoms with Gasteiger partial charge in [0.2, 0.25) is 0 Å². The van der Waals surface area contributed by atoms with Crippen LogP contribution in [0.2, 0.25) is 0 Å². The zero-order valence-electron chi connectivity index (χ0n) is 10.1. The van der Waals surface area contributed by atoms with Gasteiger partial charge in [0.05, 0.1) is 6.61 Å². The van der Waals surface area contributed by atoms with E-state index >= 15 is 0 Å². The van der Waals surface area contributed by atoms with Crippen molar-refractivity contribution in [2.45, 2.75) is 25.2 Å². The molecule has 1 aliphatic carbocycles. The molecule has 0 unspecified atom stereocenters. The first-order valence-electron chi connectivity index (χ1n) is 5.93. The minimum Gasteiger partial charge on any atom is -0.450 e. The summed E-state index contributed by atoms with van der Waals surface area (Å²) in [6.45, 7) is 2.32. The van der Waals surface area contributed by atoms with Gasteiger partial charge < -0.3 is 10.1 Å². The predicted octanol–water partition coefficient (Wildman–Crippen LogP) is 2.74. The van der Waals surface area contributed by atoms with E-state index in [9.17, 15) is 13.6 Å². The van der Waals surface area contributed by atoms with Crippen LogP contribution in [0.25, 0.3) is 0 Å². The second-order valence-electron chi connectivity index (χ2n) is 4.48. The summed E-state index contributed by atoms with van der Waals surface area (Å²) in [7, 11) is 0. The van der Waals surface area contributed by atoms with Crippen LogP contribution in [-0.4, -0.2) is 19.2 Å². The zero-order chi connectivity index (χ0) is 13.2. The topological polar surface area (TPSA) is 38.3 Å². The van der Waals surface area contributed by atoms with Crippen LogP contribution in [0.1, 0.15) is 25.3 Å². The van der Waals surface area contributed by atoms with Crippen molar-refractivity contribution in [3.63, 3.8) is 0 Å². The number of nitrogens with one attached hydrogen (secondary N) is 1. The predicted molar refractivity (Wildman–Crippen MR) is 62.3 cm³/mol. The molecular weight excluding hydrogens is 240 g/mol. The third kappa shape index (κ3) is 2.60. The van der Waals surface area contributed by atoms with Gasteiger partial charge in [-0.2, -0.15) is 0 Å². The fourth-order valence-corrected chi connectivity index (χ4v) is 2.04. The molecule has 3 nitrogen and oxygen atoms in total. The second kappa shape index (κ2) is 4.92. The van der Waals surface area contributed by atoms with E-state index in [1.54, 1.807) is 6.92 Å². The summed E-state index contributed by atoms with van der Waals surface area (Å²) >= 11 is 0. The number of rotatable bonds is 4. The van der Waals surface area contributed by atoms with Gasteiger partial charge in [0.15, 0.2) is 0 Å². The molecule has 0 spiro atoms. The molecule has 1 amide bonds. The summed E-state index contributed by atoms with van der Waals surface area (Å²) < 4.78 is 31.3. The molecule has 2 rings (SSSR count). The maximum atomic E-state index is 13.7. The standard InChI is InChI=1S/C13H15F2NO2/c1-2-18-12(17)16-8-13(5-6-13)10-4-3-9(14)7-11(10)15/h3-4,7H,2,5-6,8H2,1H3,(H,16,17). The van der Waals surface area contributed by atoms with Crippen molar-refractivity contribution in [3.05, 3.63) is 35.4 Å². The van der Waals surface area contributed by atoms with E-state index in [1.165, 1.54) is 12.1 Å². The van der Waals surface area contributed by atoms with Crippen LogP contribution in [0.15, 0.2) is 18.2 Å². The number of halogens is 2. The smallest absolute Gasteiger partial charge is 0.407 e. The van der Waals surface area contributed by atoms with Crippen molar-refractivity contribution in [1.82, 2.24) is 5.32 Å². The monoisotopic (exact) mass is 255 g/mol. The summed E-state index contributed by atoms with van der Waals surface area (Å²) in [5, 5.41) is 2.61. The van der Waals surface area contributed by atoms with E-state index in [0.717, 1.165) is 18.9 Å². The van der Waals surface area contributed by atoms with Crippen LogP contribution >= 0.6 is 0 Å². The normalized spacial score (nSPS) is 16.2. The number of ether oxygens (including phenoxy) is 1. The Morgan fingerprint density at radius 2 is 2.17 bits per heavy atom. The first kappa shape index (κ1) is 12.8. The molecule has 1 fully saturated rings. The van der Waals surface area contributed by atoms with Gasteiger partial charge in [-0.25, -0.2) is 13.6 Å². The van der Waals surface area contributed by atoms with Gasteiger partial charge in [0.1, 0.15) is 11.6 Å². The summed E-state index contributed by atoms with van der Waals surface area (Å²) in [5.74, 6) is -1.15. The van der Waals surface area contributed by atoms with Gasteiger partial charge in [-0.15, -0.1) is 0 Å². The Labute approximate surface area is 104 Å². The summed E-state index contributed by atoms with van der Waals surface area (Å²) in [5.41, 5.74) is 0.0607. The quantitative estimate of drug-likeness (QED) is 0.898. The van der Waals surface area contributed by atoms with Crippen LogP contribution in [0, 0.1) is 11.6 Å². The molecule has 1 aromatic carbocycles. The minimum absolute atomic E-state index is 0.295. The average molecular weight is 255 g/mol. The second-order valence-corrected chi connectivity index (χ2v) is 4.48. The number of benzene rings is 1. The molecule has 1 aliphatic rings. The highest BCUT2D eigenvalue weighted by molar-refractivity contribution is 5.67.